The summed E-state index contributed by atoms with van der Waals surface area (Å²) in [5.41, 5.74) is 16.5. The molecule has 0 heterocycles. The van der Waals surface area contributed by atoms with Crippen molar-refractivity contribution in [2.45, 2.75) is 26.0 Å². The molecule has 0 spiro atoms. The number of nitrogens with zero attached hydrogens (tertiary/aromatic N) is 6. The van der Waals surface area contributed by atoms with E-state index in [4.69, 9.17) is 21.3 Å². The Morgan fingerprint density at radius 1 is 1.08 bits per heavy atom. The van der Waals surface area contributed by atoms with Gasteiger partial charge in [-0.1, -0.05) is 23.4 Å². The first-order chi connectivity index (χ1) is 12.2. The Morgan fingerprint density at radius 2 is 1.58 bits per heavy atom. The zero-order valence-corrected chi connectivity index (χ0v) is 14.6. The van der Waals surface area contributed by atoms with Gasteiger partial charge in [-0.2, -0.15) is 0 Å². The van der Waals surface area contributed by atoms with Gasteiger partial charge < -0.3 is 19.7 Å². The molecule has 26 heavy (non-hydrogen) atoms. The maximum absolute atomic E-state index is 10.8. The minimum Gasteiger partial charge on any atom is -0.462 e. The fraction of sp³-hybridized carbons (Fsp3) is 0.571. The molecule has 0 aromatic heterocycles. The first-order valence-electron chi connectivity index (χ1n) is 7.18. The number of carbonyl (C=O) groups excluding carboxylic acids is 2. The van der Waals surface area contributed by atoms with E-state index >= 15 is 0 Å². The molecule has 2 N–H and O–H groups in total. The predicted molar refractivity (Wildman–Crippen MR) is 91.6 cm³/mol. The molecule has 0 aliphatic heterocycles. The number of aliphatic hydroxyl groups excluding tert-OH is 2. The summed E-state index contributed by atoms with van der Waals surface area (Å²) < 4.78 is 9.24. The lowest BCUT2D eigenvalue weighted by Gasteiger charge is -2.07. The van der Waals surface area contributed by atoms with Crippen molar-refractivity contribution in [1.82, 2.24) is 0 Å². The van der Waals surface area contributed by atoms with Gasteiger partial charge in [-0.15, -0.1) is 0 Å². The van der Waals surface area contributed by atoms with Crippen LogP contribution in [0.3, 0.4) is 0 Å². The van der Waals surface area contributed by atoms with E-state index in [9.17, 15) is 9.59 Å². The topological polar surface area (TPSA) is 191 Å². The number of hydrogen-bond donors (Lipinski definition) is 2. The van der Waals surface area contributed by atoms with Crippen LogP contribution in [-0.4, -0.2) is 60.7 Å². The standard InChI is InChI=1S/2C7H11N3O3/c1-5(2)7(12)13-4-6(3-11)9-10-8;1-5(2)7(12)13-4-6(11)3-9-10-8/h2*6,11H,1,3-4H2,2H3. The van der Waals surface area contributed by atoms with Crippen molar-refractivity contribution in [3.63, 3.8) is 0 Å². The van der Waals surface area contributed by atoms with Crippen LogP contribution < -0.4 is 0 Å². The fourth-order valence-electron chi connectivity index (χ4n) is 0.969. The molecule has 2 atom stereocenters. The monoisotopic (exact) mass is 370 g/mol. The van der Waals surface area contributed by atoms with Gasteiger partial charge in [-0.25, -0.2) is 9.59 Å². The Balaban J connectivity index is 0. The minimum absolute atomic E-state index is 0.111. The van der Waals surface area contributed by atoms with Gasteiger partial charge in [0.1, 0.15) is 13.2 Å². The van der Waals surface area contributed by atoms with E-state index in [2.05, 4.69) is 42.7 Å². The lowest BCUT2D eigenvalue weighted by atomic mass is 10.3. The van der Waals surface area contributed by atoms with E-state index in [-0.39, 0.29) is 37.5 Å². The Kier molecular flexibility index (Phi) is 15.0. The number of hydrogen-bond acceptors (Lipinski definition) is 8. The van der Waals surface area contributed by atoms with Crippen molar-refractivity contribution in [2.75, 3.05) is 26.4 Å². The molecule has 0 amide bonds. The molecule has 0 aliphatic rings. The van der Waals surface area contributed by atoms with Crippen LogP contribution in [0.4, 0.5) is 0 Å². The van der Waals surface area contributed by atoms with Gasteiger partial charge in [-0.05, 0) is 24.9 Å². The quantitative estimate of drug-likeness (QED) is 0.192. The first kappa shape index (κ1) is 25.2. The zero-order chi connectivity index (χ0) is 20.5. The molecule has 144 valence electrons. The average Bonchev–Trinajstić information content (AvgIpc) is 2.61. The Hall–Kier alpha value is -3.04. The lowest BCUT2D eigenvalue weighted by molar-refractivity contribution is -0.141. The second kappa shape index (κ2) is 15.5. The van der Waals surface area contributed by atoms with Crippen LogP contribution in [-0.2, 0) is 19.1 Å². The van der Waals surface area contributed by atoms with Gasteiger partial charge in [0.15, 0.2) is 0 Å². The third-order valence-corrected chi connectivity index (χ3v) is 2.29. The van der Waals surface area contributed by atoms with Crippen LogP contribution in [0.25, 0.3) is 20.9 Å². The number of carbonyl (C=O) groups is 2. The van der Waals surface area contributed by atoms with Gasteiger partial charge in [0.25, 0.3) is 0 Å². The highest BCUT2D eigenvalue weighted by Crippen LogP contribution is 1.97. The first-order valence-corrected chi connectivity index (χ1v) is 7.18. The third kappa shape index (κ3) is 14.5. The molecule has 0 fully saturated rings. The molecule has 0 rings (SSSR count). The normalized spacial score (nSPS) is 11.2. The molecule has 0 saturated heterocycles. The van der Waals surface area contributed by atoms with E-state index in [1.807, 2.05) is 0 Å². The smallest absolute Gasteiger partial charge is 0.333 e. The molecule has 0 aromatic carbocycles. The summed E-state index contributed by atoms with van der Waals surface area (Å²) >= 11 is 0. The second-order valence-corrected chi connectivity index (χ2v) is 4.87. The molecule has 12 heteroatoms. The second-order valence-electron chi connectivity index (χ2n) is 4.87. The summed E-state index contributed by atoms with van der Waals surface area (Å²) in [4.78, 5) is 26.5. The Labute approximate surface area is 150 Å². The van der Waals surface area contributed by atoms with Crippen molar-refractivity contribution < 1.29 is 29.3 Å². The lowest BCUT2D eigenvalue weighted by Crippen LogP contribution is -2.21. The van der Waals surface area contributed by atoms with Crippen LogP contribution in [0.15, 0.2) is 34.5 Å². The molecule has 0 aromatic rings. The zero-order valence-electron chi connectivity index (χ0n) is 14.6. The Bertz CT molecular complexity index is 595. The van der Waals surface area contributed by atoms with Crippen molar-refractivity contribution in [2.24, 2.45) is 10.2 Å². The van der Waals surface area contributed by atoms with Crippen LogP contribution in [0, 0.1) is 0 Å². The minimum atomic E-state index is -0.959. The summed E-state index contributed by atoms with van der Waals surface area (Å²) in [6, 6.07) is -0.728. The number of aliphatic hydroxyl groups is 2. The van der Waals surface area contributed by atoms with Crippen LogP contribution in [0.5, 0.6) is 0 Å². The highest BCUT2D eigenvalue weighted by molar-refractivity contribution is 5.87. The maximum atomic E-state index is 10.8. The van der Waals surface area contributed by atoms with E-state index < -0.39 is 24.1 Å². The van der Waals surface area contributed by atoms with E-state index in [0.29, 0.717) is 0 Å². The van der Waals surface area contributed by atoms with E-state index in [1.54, 1.807) is 0 Å². The molecule has 0 radical (unpaired) electrons. The molecule has 2 unspecified atom stereocenters. The van der Waals surface area contributed by atoms with Crippen molar-refractivity contribution in [1.29, 1.82) is 0 Å². The van der Waals surface area contributed by atoms with Gasteiger partial charge >= 0.3 is 11.9 Å². The van der Waals surface area contributed by atoms with Crippen molar-refractivity contribution >= 4 is 11.9 Å². The summed E-state index contributed by atoms with van der Waals surface area (Å²) in [5, 5.41) is 24.0. The molecule has 12 nitrogen and oxygen atoms in total. The van der Waals surface area contributed by atoms with E-state index in [0.717, 1.165) is 0 Å². The number of ether oxygens (including phenoxy) is 2. The summed E-state index contributed by atoms with van der Waals surface area (Å²) in [6.45, 7) is 8.94. The van der Waals surface area contributed by atoms with Gasteiger partial charge in [0.2, 0.25) is 0 Å². The van der Waals surface area contributed by atoms with Crippen LogP contribution in [0.1, 0.15) is 13.8 Å². The van der Waals surface area contributed by atoms with Gasteiger partial charge in [0.05, 0.1) is 25.3 Å². The molecular weight excluding hydrogens is 348 g/mol. The summed E-state index contributed by atoms with van der Waals surface area (Å²) in [6.07, 6.45) is -0.959. The third-order valence-electron chi connectivity index (χ3n) is 2.29. The molecule has 0 bridgehead atoms. The number of azide groups is 2. The van der Waals surface area contributed by atoms with Crippen LogP contribution in [0.2, 0.25) is 0 Å². The predicted octanol–water partition coefficient (Wildman–Crippen LogP) is 1.55. The summed E-state index contributed by atoms with van der Waals surface area (Å²) in [5.74, 6) is -1.13. The summed E-state index contributed by atoms with van der Waals surface area (Å²) in [7, 11) is 0. The SMILES string of the molecule is C=C(C)C(=O)OCC(CO)N=[N+]=[N-].C=C(C)C(=O)OCC(O)CN=[N+]=[N-]. The maximum Gasteiger partial charge on any atom is 0.333 e. The molecule has 0 saturated carbocycles. The van der Waals surface area contributed by atoms with Crippen molar-refractivity contribution in [3.05, 3.63) is 45.2 Å². The van der Waals surface area contributed by atoms with Gasteiger partial charge in [-0.3, -0.25) is 0 Å². The number of rotatable bonds is 10. The molecular formula is C14H22N6O6. The average molecular weight is 370 g/mol. The van der Waals surface area contributed by atoms with Crippen molar-refractivity contribution in [3.8, 4) is 0 Å². The largest absolute Gasteiger partial charge is 0.462 e. The van der Waals surface area contributed by atoms with E-state index in [1.165, 1.54) is 13.8 Å². The highest BCUT2D eigenvalue weighted by atomic mass is 16.5. The van der Waals surface area contributed by atoms with Gasteiger partial charge in [0, 0.05) is 21.0 Å². The number of esters is 2. The molecule has 0 aliphatic carbocycles. The Morgan fingerprint density at radius 3 is 1.96 bits per heavy atom. The highest BCUT2D eigenvalue weighted by Gasteiger charge is 2.09. The fourth-order valence-corrected chi connectivity index (χ4v) is 0.969. The van der Waals surface area contributed by atoms with Crippen LogP contribution >= 0.6 is 0 Å².